The molecule has 6 rings (SSSR count). The molecule has 251 valence electrons. The first kappa shape index (κ1) is 35.1. The fraction of sp³-hybridized carbons (Fsp3) is 0.222. The van der Waals surface area contributed by atoms with Crippen molar-refractivity contribution < 1.29 is 51.4 Å². The first-order chi connectivity index (χ1) is 22.5. The van der Waals surface area contributed by atoms with Gasteiger partial charge in [-0.3, -0.25) is 0 Å². The Balaban J connectivity index is 1.63. The molecule has 2 aliphatic rings. The van der Waals surface area contributed by atoms with Gasteiger partial charge in [0.15, 0.2) is 0 Å². The number of benzene rings is 4. The number of methoxy groups -OCH3 is 2. The van der Waals surface area contributed by atoms with Crippen LogP contribution < -0.4 is 9.47 Å². The maximum absolute atomic E-state index is 15.2. The van der Waals surface area contributed by atoms with Crippen LogP contribution in [0.1, 0.15) is 29.5 Å². The quantitative estimate of drug-likeness (QED) is 0.137. The third kappa shape index (κ3) is 5.61. The Morgan fingerprint density at radius 2 is 0.938 bits per heavy atom. The van der Waals surface area contributed by atoms with E-state index >= 15 is 26.3 Å². The number of hydrogen-bond donors (Lipinski definition) is 0. The molecule has 2 atom stereocenters. The molecular weight excluding hydrogens is 769 g/mol. The van der Waals surface area contributed by atoms with Gasteiger partial charge in [0.1, 0.15) is 0 Å². The summed E-state index contributed by atoms with van der Waals surface area (Å²) in [5, 5.41) is 0. The summed E-state index contributed by atoms with van der Waals surface area (Å²) >= 11 is -6.46. The Morgan fingerprint density at radius 3 is 1.23 bits per heavy atom. The van der Waals surface area contributed by atoms with Crippen molar-refractivity contribution in [2.75, 3.05) is 14.2 Å². The van der Waals surface area contributed by atoms with Crippen LogP contribution in [0.5, 0.6) is 11.5 Å². The normalized spacial score (nSPS) is 18.5. The SMILES string of the molecule is COc1ccc(-c2cccc3c2C=C(C(F)(F)F)[CH]3[Zr]([Cl])([Cl])([CH]2C(C(F)(F)F)=Cc3c(-c4ccc(OC)cc4)cccc32)[SiH](C)C)cc1. The van der Waals surface area contributed by atoms with Gasteiger partial charge in [0.05, 0.1) is 0 Å². The van der Waals surface area contributed by atoms with Crippen LogP contribution in [0.25, 0.3) is 34.4 Å². The van der Waals surface area contributed by atoms with E-state index < -0.39 is 52.2 Å². The third-order valence-corrected chi connectivity index (χ3v) is 61.3. The van der Waals surface area contributed by atoms with Gasteiger partial charge in [0, 0.05) is 0 Å². The van der Waals surface area contributed by atoms with Gasteiger partial charge in [-0.05, 0) is 0 Å². The van der Waals surface area contributed by atoms with Crippen LogP contribution in [-0.2, 0) is 15.6 Å². The number of hydrogen-bond acceptors (Lipinski definition) is 2. The standard InChI is InChI=1S/2C17H12F3O.C2H7Si.2ClH.Zr/c2*1-21-14-7-5-11(6-8-14)15-4-2-3-12-9-13(10-16(12)15)17(18,19)20;1-3-2;;;/h2*2-10H,1H3;3H,1-2H3;2*1H;/q;;;;;+2/p-2. The molecule has 0 aliphatic heterocycles. The minimum atomic E-state index is -6.46. The van der Waals surface area contributed by atoms with Crippen molar-refractivity contribution in [2.45, 2.75) is 32.7 Å². The Bertz CT molecular complexity index is 1820. The van der Waals surface area contributed by atoms with Gasteiger partial charge >= 0.3 is 285 Å². The minimum absolute atomic E-state index is 0.216. The molecule has 12 heteroatoms. The van der Waals surface area contributed by atoms with Gasteiger partial charge in [-0.1, -0.05) is 0 Å². The van der Waals surface area contributed by atoms with Crippen LogP contribution in [0.2, 0.25) is 13.1 Å². The van der Waals surface area contributed by atoms with Crippen molar-refractivity contribution in [2.24, 2.45) is 0 Å². The molecule has 0 aromatic heterocycles. The molecule has 0 saturated carbocycles. The summed E-state index contributed by atoms with van der Waals surface area (Å²) in [5.41, 5.74) is 1.22. The van der Waals surface area contributed by atoms with Gasteiger partial charge in [-0.15, -0.1) is 0 Å². The molecule has 4 aromatic carbocycles. The molecule has 2 aliphatic carbocycles. The van der Waals surface area contributed by atoms with E-state index in [1.165, 1.54) is 26.4 Å². The van der Waals surface area contributed by atoms with Gasteiger partial charge in [-0.25, -0.2) is 0 Å². The molecule has 2 nitrogen and oxygen atoms in total. The average molecular weight is 800 g/mol. The van der Waals surface area contributed by atoms with Crippen LogP contribution in [-0.4, -0.2) is 32.5 Å². The zero-order valence-corrected chi connectivity index (χ0v) is 31.4. The first-order valence-corrected chi connectivity index (χ1v) is 31.5. The van der Waals surface area contributed by atoms with E-state index in [0.717, 1.165) is 12.2 Å². The van der Waals surface area contributed by atoms with Crippen LogP contribution in [0.4, 0.5) is 26.3 Å². The van der Waals surface area contributed by atoms with Gasteiger partial charge in [-0.2, -0.15) is 0 Å². The number of rotatable bonds is 7. The van der Waals surface area contributed by atoms with E-state index in [2.05, 4.69) is 0 Å². The van der Waals surface area contributed by atoms with Crippen molar-refractivity contribution in [3.8, 4) is 33.8 Å². The van der Waals surface area contributed by atoms with E-state index in [-0.39, 0.29) is 22.3 Å². The Hall–Kier alpha value is -2.78. The van der Waals surface area contributed by atoms with Crippen LogP contribution in [0.3, 0.4) is 0 Å². The van der Waals surface area contributed by atoms with Crippen molar-refractivity contribution >= 4 is 35.1 Å². The summed E-state index contributed by atoms with van der Waals surface area (Å²) in [5.74, 6) is -1.60. The molecule has 0 spiro atoms. The summed E-state index contributed by atoms with van der Waals surface area (Å²) < 4.78 is 98.6. The molecule has 48 heavy (non-hydrogen) atoms. The first-order valence-electron chi connectivity index (χ1n) is 15.2. The number of alkyl halides is 6. The predicted molar refractivity (Wildman–Crippen MR) is 181 cm³/mol. The number of halogens is 8. The van der Waals surface area contributed by atoms with E-state index in [1.54, 1.807) is 85.9 Å². The average Bonchev–Trinajstić information content (AvgIpc) is 3.66. The molecular formula is C36H31Cl2F6O2SiZr. The van der Waals surface area contributed by atoms with Crippen molar-refractivity contribution in [1.29, 1.82) is 0 Å². The second kappa shape index (κ2) is 12.2. The van der Waals surface area contributed by atoms with Crippen LogP contribution in [0.15, 0.2) is 96.1 Å². The zero-order chi connectivity index (χ0) is 34.8. The molecule has 0 bridgehead atoms. The number of allylic oxidation sites excluding steroid dienone is 2. The van der Waals surface area contributed by atoms with E-state index in [1.807, 2.05) is 0 Å². The van der Waals surface area contributed by atoms with E-state index in [0.29, 0.717) is 33.8 Å². The van der Waals surface area contributed by atoms with Crippen LogP contribution >= 0.6 is 17.0 Å². The molecule has 2 unspecified atom stereocenters. The molecule has 0 saturated heterocycles. The van der Waals surface area contributed by atoms with Gasteiger partial charge in [0.2, 0.25) is 0 Å². The number of ether oxygens (including phenoxy) is 2. The summed E-state index contributed by atoms with van der Waals surface area (Å²) in [7, 11) is 18.6. The van der Waals surface area contributed by atoms with E-state index in [4.69, 9.17) is 26.5 Å². The van der Waals surface area contributed by atoms with Crippen molar-refractivity contribution in [1.82, 2.24) is 0 Å². The monoisotopic (exact) mass is 797 g/mol. The summed E-state index contributed by atoms with van der Waals surface area (Å²) in [4.78, 5) is 0. The van der Waals surface area contributed by atoms with Crippen LogP contribution in [0, 0.1) is 0 Å². The maximum atomic E-state index is 15.2. The number of fused-ring (bicyclic) bond motifs is 2. The summed E-state index contributed by atoms with van der Waals surface area (Å²) in [6.45, 7) is 3.40. The summed E-state index contributed by atoms with van der Waals surface area (Å²) in [6, 6.07) is 23.4. The third-order valence-electron chi connectivity index (χ3n) is 9.79. The summed E-state index contributed by atoms with van der Waals surface area (Å²) in [6.07, 6.45) is -7.71. The second-order valence-corrected chi connectivity index (χ2v) is 55.0. The van der Waals surface area contributed by atoms with Crippen molar-refractivity contribution in [3.05, 3.63) is 118 Å². The molecule has 0 heterocycles. The zero-order valence-electron chi connectivity index (χ0n) is 26.3. The second-order valence-electron chi connectivity index (χ2n) is 12.5. The Labute approximate surface area is 283 Å². The topological polar surface area (TPSA) is 18.5 Å². The molecule has 0 N–H and O–H groups in total. The van der Waals surface area contributed by atoms with E-state index in [9.17, 15) is 0 Å². The van der Waals surface area contributed by atoms with Crippen molar-refractivity contribution in [3.63, 3.8) is 0 Å². The molecule has 0 radical (unpaired) electrons. The Morgan fingerprint density at radius 1 is 0.583 bits per heavy atom. The predicted octanol–water partition coefficient (Wildman–Crippen LogP) is 11.7. The van der Waals surface area contributed by atoms with Gasteiger partial charge < -0.3 is 0 Å². The fourth-order valence-electron chi connectivity index (χ4n) is 7.36. The van der Waals surface area contributed by atoms with Gasteiger partial charge in [0.25, 0.3) is 0 Å². The molecule has 0 amide bonds. The fourth-order valence-corrected chi connectivity index (χ4v) is 37.5. The Kier molecular flexibility index (Phi) is 8.92. The molecule has 4 aromatic rings. The molecule has 0 fully saturated rings.